The maximum Gasteiger partial charge on any atom is 0.265 e. The molecule has 0 aliphatic heterocycles. The Morgan fingerprint density at radius 1 is 1.40 bits per heavy atom. The van der Waals surface area contributed by atoms with Gasteiger partial charge in [-0.25, -0.2) is 0 Å². The van der Waals surface area contributed by atoms with Crippen LogP contribution in [0.15, 0.2) is 35.5 Å². The molecule has 0 saturated carbocycles. The Morgan fingerprint density at radius 3 is 2.75 bits per heavy atom. The number of aryl methyl sites for hydroxylation is 1. The summed E-state index contributed by atoms with van der Waals surface area (Å²) in [6.45, 7) is 1.92. The highest BCUT2D eigenvalue weighted by atomic mass is 35.5. The maximum atomic E-state index is 12.1. The summed E-state index contributed by atoms with van der Waals surface area (Å²) < 4.78 is 0. The van der Waals surface area contributed by atoms with Crippen LogP contribution in [0.4, 0.5) is 5.69 Å². The van der Waals surface area contributed by atoms with Crippen LogP contribution in [0, 0.1) is 6.92 Å². The molecule has 1 aromatic carbocycles. The van der Waals surface area contributed by atoms with E-state index in [1.807, 2.05) is 13.0 Å². The van der Waals surface area contributed by atoms with Gasteiger partial charge in [-0.05, 0) is 37.3 Å². The molecule has 5 nitrogen and oxygen atoms in total. The van der Waals surface area contributed by atoms with E-state index < -0.39 is 0 Å². The Labute approximate surface area is 124 Å². The third-order valence-electron chi connectivity index (χ3n) is 2.58. The summed E-state index contributed by atoms with van der Waals surface area (Å²) in [5.74, 6) is -0.300. The van der Waals surface area contributed by atoms with Crippen LogP contribution in [0.3, 0.4) is 0 Å². The standard InChI is InChI=1S/C13H12ClN3O2S/c1-7-2-5-11(20-7)13(18)16-10-6-8(12(15)17-19)3-4-9(10)14/h2-6,19H,1H3,(H2,15,17)(H,16,18). The van der Waals surface area contributed by atoms with Crippen molar-refractivity contribution < 1.29 is 10.0 Å². The fraction of sp³-hybridized carbons (Fsp3) is 0.0769. The van der Waals surface area contributed by atoms with Crippen LogP contribution in [0.5, 0.6) is 0 Å². The second kappa shape index (κ2) is 5.94. The van der Waals surface area contributed by atoms with Crippen LogP contribution >= 0.6 is 22.9 Å². The van der Waals surface area contributed by atoms with E-state index in [0.29, 0.717) is 21.2 Å². The van der Waals surface area contributed by atoms with Crippen LogP contribution < -0.4 is 11.1 Å². The number of carbonyl (C=O) groups excluding carboxylic acids is 1. The van der Waals surface area contributed by atoms with Crippen molar-refractivity contribution in [3.63, 3.8) is 0 Å². The molecule has 20 heavy (non-hydrogen) atoms. The topological polar surface area (TPSA) is 87.7 Å². The number of benzene rings is 1. The summed E-state index contributed by atoms with van der Waals surface area (Å²) in [5.41, 5.74) is 6.38. The van der Waals surface area contributed by atoms with Crippen molar-refractivity contribution in [3.05, 3.63) is 50.7 Å². The highest BCUT2D eigenvalue weighted by molar-refractivity contribution is 7.14. The fourth-order valence-electron chi connectivity index (χ4n) is 1.58. The lowest BCUT2D eigenvalue weighted by atomic mass is 10.2. The molecule has 1 amide bonds. The Morgan fingerprint density at radius 2 is 2.15 bits per heavy atom. The molecular weight excluding hydrogens is 298 g/mol. The van der Waals surface area contributed by atoms with Gasteiger partial charge in [0.25, 0.3) is 5.91 Å². The van der Waals surface area contributed by atoms with Gasteiger partial charge in [0.2, 0.25) is 0 Å². The van der Waals surface area contributed by atoms with E-state index in [0.717, 1.165) is 4.88 Å². The van der Waals surface area contributed by atoms with Gasteiger partial charge in [-0.1, -0.05) is 16.8 Å². The molecule has 1 heterocycles. The number of carbonyl (C=O) groups is 1. The number of nitrogens with one attached hydrogen (secondary N) is 1. The van der Waals surface area contributed by atoms with Crippen LogP contribution in [-0.4, -0.2) is 17.0 Å². The minimum Gasteiger partial charge on any atom is -0.409 e. The number of halogens is 1. The van der Waals surface area contributed by atoms with Crippen LogP contribution in [-0.2, 0) is 0 Å². The van der Waals surface area contributed by atoms with E-state index in [1.54, 1.807) is 24.3 Å². The van der Waals surface area contributed by atoms with Crippen molar-refractivity contribution >= 4 is 40.4 Å². The summed E-state index contributed by atoms with van der Waals surface area (Å²) in [6.07, 6.45) is 0. The molecule has 0 spiro atoms. The van der Waals surface area contributed by atoms with Crippen molar-refractivity contribution in [1.29, 1.82) is 0 Å². The number of thiophene rings is 1. The van der Waals surface area contributed by atoms with Gasteiger partial charge in [-0.2, -0.15) is 0 Å². The lowest BCUT2D eigenvalue weighted by Gasteiger charge is -2.08. The molecule has 104 valence electrons. The predicted molar refractivity (Wildman–Crippen MR) is 81.0 cm³/mol. The molecule has 1 aromatic heterocycles. The van der Waals surface area contributed by atoms with Gasteiger partial charge in [0.15, 0.2) is 5.84 Å². The molecule has 4 N–H and O–H groups in total. The highest BCUT2D eigenvalue weighted by Crippen LogP contribution is 2.25. The summed E-state index contributed by atoms with van der Waals surface area (Å²) in [5, 5.41) is 14.6. The average Bonchev–Trinajstić information content (AvgIpc) is 2.87. The minimum absolute atomic E-state index is 0.0517. The maximum absolute atomic E-state index is 12.1. The number of rotatable bonds is 3. The first-order chi connectivity index (χ1) is 9.51. The van der Waals surface area contributed by atoms with Crippen molar-refractivity contribution in [2.75, 3.05) is 5.32 Å². The van der Waals surface area contributed by atoms with Gasteiger partial charge in [-0.3, -0.25) is 4.79 Å². The van der Waals surface area contributed by atoms with Gasteiger partial charge in [0.05, 0.1) is 15.6 Å². The SMILES string of the molecule is Cc1ccc(C(=O)Nc2cc(/C(N)=N/O)ccc2Cl)s1. The zero-order valence-corrected chi connectivity index (χ0v) is 12.1. The van der Waals surface area contributed by atoms with E-state index in [2.05, 4.69) is 10.5 Å². The van der Waals surface area contributed by atoms with Gasteiger partial charge >= 0.3 is 0 Å². The number of amides is 1. The number of hydrogen-bond donors (Lipinski definition) is 3. The average molecular weight is 310 g/mol. The highest BCUT2D eigenvalue weighted by Gasteiger charge is 2.12. The third kappa shape index (κ3) is 3.09. The second-order valence-corrected chi connectivity index (χ2v) is 5.74. The summed E-state index contributed by atoms with van der Waals surface area (Å²) in [6, 6.07) is 8.34. The monoisotopic (exact) mass is 309 g/mol. The molecule has 0 bridgehead atoms. The number of oxime groups is 1. The van der Waals surface area contributed by atoms with Crippen molar-refractivity contribution in [3.8, 4) is 0 Å². The molecule has 7 heteroatoms. The van der Waals surface area contributed by atoms with Crippen molar-refractivity contribution in [2.24, 2.45) is 10.9 Å². The van der Waals surface area contributed by atoms with E-state index in [-0.39, 0.29) is 11.7 Å². The van der Waals surface area contributed by atoms with Gasteiger partial charge in [0.1, 0.15) is 0 Å². The summed E-state index contributed by atoms with van der Waals surface area (Å²) in [7, 11) is 0. The zero-order valence-electron chi connectivity index (χ0n) is 10.6. The molecule has 0 fully saturated rings. The molecule has 0 unspecified atom stereocenters. The second-order valence-electron chi connectivity index (χ2n) is 4.04. The third-order valence-corrected chi connectivity index (χ3v) is 3.91. The molecule has 2 rings (SSSR count). The lowest BCUT2D eigenvalue weighted by molar-refractivity contribution is 0.103. The van der Waals surface area contributed by atoms with E-state index in [4.69, 9.17) is 22.5 Å². The Bertz CT molecular complexity index is 682. The Hall–Kier alpha value is -2.05. The first-order valence-electron chi connectivity index (χ1n) is 5.66. The molecule has 0 aliphatic carbocycles. The number of anilines is 1. The zero-order chi connectivity index (χ0) is 14.7. The van der Waals surface area contributed by atoms with Crippen LogP contribution in [0.2, 0.25) is 5.02 Å². The first kappa shape index (κ1) is 14.4. The van der Waals surface area contributed by atoms with Crippen LogP contribution in [0.25, 0.3) is 0 Å². The van der Waals surface area contributed by atoms with Crippen molar-refractivity contribution in [1.82, 2.24) is 0 Å². The van der Waals surface area contributed by atoms with Gasteiger partial charge in [0, 0.05) is 10.4 Å². The molecule has 0 radical (unpaired) electrons. The van der Waals surface area contributed by atoms with E-state index in [9.17, 15) is 4.79 Å². The van der Waals surface area contributed by atoms with Gasteiger partial charge in [-0.15, -0.1) is 11.3 Å². The van der Waals surface area contributed by atoms with Gasteiger partial charge < -0.3 is 16.3 Å². The number of nitrogens with zero attached hydrogens (tertiary/aromatic N) is 1. The molecule has 0 saturated heterocycles. The molecule has 0 atom stereocenters. The molecule has 0 aliphatic rings. The van der Waals surface area contributed by atoms with E-state index in [1.165, 1.54) is 11.3 Å². The minimum atomic E-state index is -0.248. The first-order valence-corrected chi connectivity index (χ1v) is 6.86. The fourth-order valence-corrected chi connectivity index (χ4v) is 2.51. The number of hydrogen-bond acceptors (Lipinski definition) is 4. The summed E-state index contributed by atoms with van der Waals surface area (Å²) in [4.78, 5) is 13.7. The Kier molecular flexibility index (Phi) is 4.26. The summed E-state index contributed by atoms with van der Waals surface area (Å²) >= 11 is 7.42. The molecule has 2 aromatic rings. The molecular formula is C13H12ClN3O2S. The van der Waals surface area contributed by atoms with Crippen molar-refractivity contribution in [2.45, 2.75) is 6.92 Å². The normalized spacial score (nSPS) is 11.4. The van der Waals surface area contributed by atoms with Crippen LogP contribution in [0.1, 0.15) is 20.1 Å². The number of amidine groups is 1. The lowest BCUT2D eigenvalue weighted by Crippen LogP contribution is -2.15. The van der Waals surface area contributed by atoms with E-state index >= 15 is 0 Å². The quantitative estimate of drug-likeness (QED) is 0.352. The largest absolute Gasteiger partial charge is 0.409 e. The Balaban J connectivity index is 2.26. The predicted octanol–water partition coefficient (Wildman–Crippen LogP) is 3.06. The number of nitrogens with two attached hydrogens (primary N) is 1. The smallest absolute Gasteiger partial charge is 0.265 e.